The van der Waals surface area contributed by atoms with Gasteiger partial charge in [0.25, 0.3) is 0 Å². The molecule has 4 aromatic rings. The van der Waals surface area contributed by atoms with Crippen LogP contribution in [0.1, 0.15) is 16.7 Å². The largest absolute Gasteiger partial charge is 0.507 e. The van der Waals surface area contributed by atoms with Crippen LogP contribution in [0.15, 0.2) is 77.9 Å². The molecule has 0 aliphatic rings. The van der Waals surface area contributed by atoms with Crippen LogP contribution in [0.3, 0.4) is 0 Å². The number of phenols is 1. The lowest BCUT2D eigenvalue weighted by Gasteiger charge is -2.10. The van der Waals surface area contributed by atoms with E-state index >= 15 is 0 Å². The van der Waals surface area contributed by atoms with E-state index in [0.29, 0.717) is 17.5 Å². The van der Waals surface area contributed by atoms with Gasteiger partial charge in [-0.25, -0.2) is 5.43 Å². The summed E-state index contributed by atoms with van der Waals surface area (Å²) in [7, 11) is 0. The fourth-order valence-corrected chi connectivity index (χ4v) is 2.83. The van der Waals surface area contributed by atoms with Gasteiger partial charge in [-0.1, -0.05) is 47.5 Å². The van der Waals surface area contributed by atoms with Crippen LogP contribution in [0.5, 0.6) is 5.75 Å². The molecule has 8 nitrogen and oxygen atoms in total. The zero-order valence-corrected chi connectivity index (χ0v) is 17.7. The van der Waals surface area contributed by atoms with Crippen molar-refractivity contribution in [3.8, 4) is 5.75 Å². The summed E-state index contributed by atoms with van der Waals surface area (Å²) in [5.74, 6) is 1.10. The number of rotatable bonds is 7. The molecule has 0 radical (unpaired) electrons. The summed E-state index contributed by atoms with van der Waals surface area (Å²) in [4.78, 5) is 13.3. The zero-order valence-electron chi connectivity index (χ0n) is 17.7. The van der Waals surface area contributed by atoms with Gasteiger partial charge in [0.05, 0.1) is 6.21 Å². The molecule has 0 fully saturated rings. The Balaban J connectivity index is 1.59. The zero-order chi connectivity index (χ0) is 22.3. The van der Waals surface area contributed by atoms with Crippen LogP contribution in [0.2, 0.25) is 0 Å². The van der Waals surface area contributed by atoms with Crippen molar-refractivity contribution in [2.45, 2.75) is 13.8 Å². The Morgan fingerprint density at radius 1 is 0.688 bits per heavy atom. The van der Waals surface area contributed by atoms with Crippen molar-refractivity contribution in [2.75, 3.05) is 16.1 Å². The van der Waals surface area contributed by atoms with E-state index in [1.807, 2.05) is 68.4 Å². The summed E-state index contributed by atoms with van der Waals surface area (Å²) in [6.07, 6.45) is 1.50. The summed E-state index contributed by atoms with van der Waals surface area (Å²) in [5.41, 5.74) is 7.41. The minimum atomic E-state index is 0.136. The van der Waals surface area contributed by atoms with Crippen molar-refractivity contribution in [3.05, 3.63) is 89.5 Å². The van der Waals surface area contributed by atoms with E-state index in [-0.39, 0.29) is 11.7 Å². The van der Waals surface area contributed by atoms with Crippen LogP contribution in [0.4, 0.5) is 29.2 Å². The number of para-hydroxylation sites is 1. The molecule has 0 aliphatic carbocycles. The first-order valence-electron chi connectivity index (χ1n) is 10.1. The minimum Gasteiger partial charge on any atom is -0.507 e. The molecule has 0 saturated heterocycles. The highest BCUT2D eigenvalue weighted by Gasteiger charge is 2.08. The van der Waals surface area contributed by atoms with Gasteiger partial charge in [-0.15, -0.1) is 0 Å². The van der Waals surface area contributed by atoms with Gasteiger partial charge >= 0.3 is 0 Å². The Bertz CT molecular complexity index is 1160. The van der Waals surface area contributed by atoms with E-state index < -0.39 is 0 Å². The average Bonchev–Trinajstić information content (AvgIpc) is 2.78. The molecule has 0 unspecified atom stereocenters. The van der Waals surface area contributed by atoms with Gasteiger partial charge in [0.15, 0.2) is 0 Å². The van der Waals surface area contributed by atoms with E-state index in [9.17, 15) is 5.11 Å². The van der Waals surface area contributed by atoms with Gasteiger partial charge < -0.3 is 15.7 Å². The molecule has 0 saturated carbocycles. The topological polar surface area (TPSA) is 107 Å². The maximum Gasteiger partial charge on any atom is 0.250 e. The molecule has 0 bridgehead atoms. The first-order chi connectivity index (χ1) is 15.5. The fourth-order valence-electron chi connectivity index (χ4n) is 2.83. The van der Waals surface area contributed by atoms with Crippen LogP contribution in [0.25, 0.3) is 0 Å². The van der Waals surface area contributed by atoms with Crippen LogP contribution in [-0.4, -0.2) is 26.3 Å². The van der Waals surface area contributed by atoms with E-state index in [0.717, 1.165) is 22.5 Å². The van der Waals surface area contributed by atoms with Crippen molar-refractivity contribution in [2.24, 2.45) is 5.10 Å². The van der Waals surface area contributed by atoms with E-state index in [1.54, 1.807) is 18.2 Å². The Morgan fingerprint density at radius 3 is 1.72 bits per heavy atom. The first-order valence-corrected chi connectivity index (χ1v) is 10.1. The Hall–Kier alpha value is -4.46. The van der Waals surface area contributed by atoms with Crippen LogP contribution < -0.4 is 16.1 Å². The molecule has 0 atom stereocenters. The predicted octanol–water partition coefficient (Wildman–Crippen LogP) is 5.13. The maximum atomic E-state index is 9.88. The molecule has 1 aromatic heterocycles. The van der Waals surface area contributed by atoms with Crippen LogP contribution >= 0.6 is 0 Å². The van der Waals surface area contributed by atoms with Crippen LogP contribution in [0, 0.1) is 13.8 Å². The van der Waals surface area contributed by atoms with Crippen molar-refractivity contribution in [1.82, 2.24) is 15.0 Å². The fraction of sp³-hybridized carbons (Fsp3) is 0.0833. The first kappa shape index (κ1) is 20.8. The number of anilines is 5. The van der Waals surface area contributed by atoms with Crippen molar-refractivity contribution >= 4 is 35.4 Å². The number of nitrogens with one attached hydrogen (secondary N) is 3. The predicted molar refractivity (Wildman–Crippen MR) is 128 cm³/mol. The molecular formula is C24H23N7O. The number of aromatic nitrogens is 3. The van der Waals surface area contributed by atoms with Gasteiger partial charge in [0.2, 0.25) is 17.8 Å². The maximum absolute atomic E-state index is 9.88. The summed E-state index contributed by atoms with van der Waals surface area (Å²) < 4.78 is 0. The number of hydrogen-bond acceptors (Lipinski definition) is 8. The summed E-state index contributed by atoms with van der Waals surface area (Å²) in [6.45, 7) is 4.06. The number of phenolic OH excluding ortho intramolecular Hbond substituents is 1. The molecule has 0 spiro atoms. The second-order valence-corrected chi connectivity index (χ2v) is 7.22. The number of aryl methyl sites for hydroxylation is 2. The molecule has 4 rings (SSSR count). The molecule has 1 heterocycles. The highest BCUT2D eigenvalue weighted by atomic mass is 16.3. The highest BCUT2D eigenvalue weighted by molar-refractivity contribution is 5.83. The number of benzene rings is 3. The SMILES string of the molecule is Cc1ccc(Nc2nc(N/N=C\c3ccccc3O)nc(Nc3ccc(C)cc3)n2)cc1. The average molecular weight is 425 g/mol. The third kappa shape index (κ3) is 5.57. The molecule has 8 heteroatoms. The molecule has 4 N–H and O–H groups in total. The third-order valence-electron chi connectivity index (χ3n) is 4.56. The second-order valence-electron chi connectivity index (χ2n) is 7.22. The Morgan fingerprint density at radius 2 is 1.19 bits per heavy atom. The highest BCUT2D eigenvalue weighted by Crippen LogP contribution is 2.20. The molecule has 3 aromatic carbocycles. The molecule has 0 aliphatic heterocycles. The minimum absolute atomic E-state index is 0.136. The van der Waals surface area contributed by atoms with Gasteiger partial charge in [-0.05, 0) is 50.2 Å². The monoisotopic (exact) mass is 425 g/mol. The quantitative estimate of drug-likeness (QED) is 0.240. The molecule has 32 heavy (non-hydrogen) atoms. The van der Waals surface area contributed by atoms with E-state index in [1.165, 1.54) is 6.21 Å². The summed E-state index contributed by atoms with van der Waals surface area (Å²) in [6, 6.07) is 22.7. The third-order valence-corrected chi connectivity index (χ3v) is 4.56. The van der Waals surface area contributed by atoms with E-state index in [2.05, 4.69) is 36.1 Å². The smallest absolute Gasteiger partial charge is 0.250 e. The van der Waals surface area contributed by atoms with Crippen LogP contribution in [-0.2, 0) is 0 Å². The number of hydrazone groups is 1. The lowest BCUT2D eigenvalue weighted by atomic mass is 10.2. The normalized spacial score (nSPS) is 10.8. The van der Waals surface area contributed by atoms with Gasteiger partial charge in [-0.2, -0.15) is 20.1 Å². The number of aromatic hydroxyl groups is 1. The lowest BCUT2D eigenvalue weighted by Crippen LogP contribution is -2.07. The van der Waals surface area contributed by atoms with Crippen molar-refractivity contribution < 1.29 is 5.11 Å². The molecule has 0 amide bonds. The molecular weight excluding hydrogens is 402 g/mol. The van der Waals surface area contributed by atoms with Crippen molar-refractivity contribution in [3.63, 3.8) is 0 Å². The summed E-state index contributed by atoms with van der Waals surface area (Å²) in [5, 5.41) is 20.4. The number of nitrogens with zero attached hydrogens (tertiary/aromatic N) is 4. The van der Waals surface area contributed by atoms with Gasteiger partial charge in [0.1, 0.15) is 5.75 Å². The number of hydrogen-bond donors (Lipinski definition) is 4. The Labute approximate surface area is 186 Å². The van der Waals surface area contributed by atoms with E-state index in [4.69, 9.17) is 0 Å². The molecule has 160 valence electrons. The Kier molecular flexibility index (Phi) is 6.22. The van der Waals surface area contributed by atoms with Gasteiger partial charge in [-0.3, -0.25) is 0 Å². The lowest BCUT2D eigenvalue weighted by molar-refractivity contribution is 0.474. The van der Waals surface area contributed by atoms with Gasteiger partial charge in [0, 0.05) is 16.9 Å². The summed E-state index contributed by atoms with van der Waals surface area (Å²) >= 11 is 0. The van der Waals surface area contributed by atoms with Crippen molar-refractivity contribution in [1.29, 1.82) is 0 Å². The second kappa shape index (κ2) is 9.57. The standard InChI is InChI=1S/C24H23N7O/c1-16-7-11-19(12-8-16)26-22-28-23(27-20-13-9-17(2)10-14-20)30-24(29-22)31-25-15-18-5-3-4-6-21(18)32/h3-15,32H,1-2H3,(H3,26,27,28,29,30,31)/b25-15-.